The normalized spacial score (nSPS) is 11.8. The molecule has 108 valence electrons. The standard InChI is InChI=1S/C10H18N4O4S/c1-5-18-8(15)6-13(3)19(16,17)9-7(2)14(4)12-10(9)11/h5-6H2,1-4H3,(H2,11,12). The van der Waals surface area contributed by atoms with Crippen molar-refractivity contribution in [2.24, 2.45) is 7.05 Å². The van der Waals surface area contributed by atoms with Crippen molar-refractivity contribution in [1.82, 2.24) is 14.1 Å². The quantitative estimate of drug-likeness (QED) is 0.732. The number of hydrogen-bond acceptors (Lipinski definition) is 6. The lowest BCUT2D eigenvalue weighted by Gasteiger charge is -2.16. The van der Waals surface area contributed by atoms with Gasteiger partial charge in [-0.15, -0.1) is 0 Å². The molecule has 1 heterocycles. The van der Waals surface area contributed by atoms with Crippen LogP contribution in [0.4, 0.5) is 5.82 Å². The third-order valence-corrected chi connectivity index (χ3v) is 4.60. The van der Waals surface area contributed by atoms with Crippen molar-refractivity contribution < 1.29 is 17.9 Å². The Morgan fingerprint density at radius 2 is 2.11 bits per heavy atom. The lowest BCUT2D eigenvalue weighted by Crippen LogP contribution is -2.33. The molecule has 0 aromatic carbocycles. The van der Waals surface area contributed by atoms with Gasteiger partial charge >= 0.3 is 5.97 Å². The number of sulfonamides is 1. The van der Waals surface area contributed by atoms with Crippen molar-refractivity contribution in [3.8, 4) is 0 Å². The second kappa shape index (κ2) is 5.57. The van der Waals surface area contributed by atoms with Crippen LogP contribution < -0.4 is 5.73 Å². The van der Waals surface area contributed by atoms with Gasteiger partial charge in [0.2, 0.25) is 10.0 Å². The van der Waals surface area contributed by atoms with E-state index in [-0.39, 0.29) is 23.9 Å². The van der Waals surface area contributed by atoms with Crippen molar-refractivity contribution in [2.45, 2.75) is 18.7 Å². The first kappa shape index (κ1) is 15.4. The third-order valence-electron chi connectivity index (χ3n) is 2.63. The average Bonchev–Trinajstić information content (AvgIpc) is 2.53. The topological polar surface area (TPSA) is 108 Å². The number of ether oxygens (including phenoxy) is 1. The van der Waals surface area contributed by atoms with Gasteiger partial charge in [0.25, 0.3) is 0 Å². The Bertz CT molecular complexity index is 579. The van der Waals surface area contributed by atoms with Crippen LogP contribution in [0, 0.1) is 6.92 Å². The number of rotatable bonds is 5. The molecule has 0 bridgehead atoms. The fourth-order valence-corrected chi connectivity index (χ4v) is 2.96. The van der Waals surface area contributed by atoms with Gasteiger partial charge in [-0.2, -0.15) is 9.40 Å². The zero-order chi connectivity index (χ0) is 14.8. The van der Waals surface area contributed by atoms with Gasteiger partial charge < -0.3 is 10.5 Å². The number of aryl methyl sites for hydroxylation is 1. The summed E-state index contributed by atoms with van der Waals surface area (Å²) < 4.78 is 31.6. The van der Waals surface area contributed by atoms with Gasteiger partial charge in [0.15, 0.2) is 5.82 Å². The Labute approximate surface area is 112 Å². The summed E-state index contributed by atoms with van der Waals surface area (Å²) in [4.78, 5) is 11.2. The largest absolute Gasteiger partial charge is 0.465 e. The number of esters is 1. The number of anilines is 1. The molecule has 0 saturated carbocycles. The van der Waals surface area contributed by atoms with Gasteiger partial charge in [-0.1, -0.05) is 0 Å². The molecule has 19 heavy (non-hydrogen) atoms. The van der Waals surface area contributed by atoms with E-state index in [1.54, 1.807) is 20.9 Å². The molecule has 0 radical (unpaired) electrons. The summed E-state index contributed by atoms with van der Waals surface area (Å²) >= 11 is 0. The van der Waals surface area contributed by atoms with Crippen LogP contribution in [0.15, 0.2) is 4.90 Å². The van der Waals surface area contributed by atoms with Crippen LogP contribution in [-0.4, -0.2) is 48.7 Å². The van der Waals surface area contributed by atoms with Crippen LogP contribution in [0.25, 0.3) is 0 Å². The van der Waals surface area contributed by atoms with Crippen LogP contribution in [0.1, 0.15) is 12.6 Å². The maximum absolute atomic E-state index is 12.3. The molecule has 0 aliphatic heterocycles. The lowest BCUT2D eigenvalue weighted by molar-refractivity contribution is -0.143. The van der Waals surface area contributed by atoms with Gasteiger partial charge in [0.1, 0.15) is 11.4 Å². The second-order valence-electron chi connectivity index (χ2n) is 3.99. The van der Waals surface area contributed by atoms with Crippen molar-refractivity contribution in [1.29, 1.82) is 0 Å². The zero-order valence-corrected chi connectivity index (χ0v) is 12.2. The Hall–Kier alpha value is -1.61. The van der Waals surface area contributed by atoms with E-state index in [2.05, 4.69) is 5.10 Å². The minimum atomic E-state index is -3.87. The smallest absolute Gasteiger partial charge is 0.321 e. The molecule has 2 N–H and O–H groups in total. The maximum Gasteiger partial charge on any atom is 0.321 e. The fourth-order valence-electron chi connectivity index (χ4n) is 1.56. The van der Waals surface area contributed by atoms with E-state index < -0.39 is 16.0 Å². The van der Waals surface area contributed by atoms with Crippen molar-refractivity contribution in [3.05, 3.63) is 5.69 Å². The number of nitrogens with two attached hydrogens (primary N) is 1. The first-order valence-electron chi connectivity index (χ1n) is 5.62. The molecular weight excluding hydrogens is 272 g/mol. The van der Waals surface area contributed by atoms with E-state index in [9.17, 15) is 13.2 Å². The maximum atomic E-state index is 12.3. The lowest BCUT2D eigenvalue weighted by atomic mass is 10.5. The second-order valence-corrected chi connectivity index (χ2v) is 5.97. The summed E-state index contributed by atoms with van der Waals surface area (Å²) in [5.41, 5.74) is 6.01. The monoisotopic (exact) mass is 290 g/mol. The molecule has 0 saturated heterocycles. The predicted molar refractivity (Wildman–Crippen MR) is 68.8 cm³/mol. The van der Waals surface area contributed by atoms with Crippen molar-refractivity contribution >= 4 is 21.8 Å². The number of carbonyl (C=O) groups is 1. The molecular formula is C10H18N4O4S. The Morgan fingerprint density at radius 3 is 2.53 bits per heavy atom. The van der Waals surface area contributed by atoms with Crippen LogP contribution >= 0.6 is 0 Å². The summed E-state index contributed by atoms with van der Waals surface area (Å²) in [7, 11) is -0.986. The number of nitrogen functional groups attached to an aromatic ring is 1. The summed E-state index contributed by atoms with van der Waals surface area (Å²) in [6.45, 7) is 3.06. The van der Waals surface area contributed by atoms with Gasteiger partial charge in [0.05, 0.1) is 12.3 Å². The molecule has 0 aliphatic carbocycles. The van der Waals surface area contributed by atoms with E-state index >= 15 is 0 Å². The fraction of sp³-hybridized carbons (Fsp3) is 0.600. The molecule has 0 aliphatic rings. The molecule has 0 amide bonds. The highest BCUT2D eigenvalue weighted by Gasteiger charge is 2.30. The number of carbonyl (C=O) groups excluding carboxylic acids is 1. The molecule has 1 aromatic heterocycles. The number of nitrogens with zero attached hydrogens (tertiary/aromatic N) is 3. The minimum absolute atomic E-state index is 0.0817. The first-order valence-corrected chi connectivity index (χ1v) is 7.06. The van der Waals surface area contributed by atoms with Crippen molar-refractivity contribution in [2.75, 3.05) is 25.9 Å². The molecule has 9 heteroatoms. The summed E-state index contributed by atoms with van der Waals surface area (Å²) in [5, 5.41) is 3.85. The highest BCUT2D eigenvalue weighted by Crippen LogP contribution is 2.24. The van der Waals surface area contributed by atoms with E-state index in [1.165, 1.54) is 11.7 Å². The number of aromatic nitrogens is 2. The Balaban J connectivity index is 3.07. The van der Waals surface area contributed by atoms with E-state index in [1.807, 2.05) is 0 Å². The predicted octanol–water partition coefficient (Wildman–Crippen LogP) is -0.506. The Morgan fingerprint density at radius 1 is 1.53 bits per heavy atom. The van der Waals surface area contributed by atoms with Crippen LogP contribution in [0.2, 0.25) is 0 Å². The van der Waals surface area contributed by atoms with Gasteiger partial charge in [0, 0.05) is 14.1 Å². The number of hydrogen-bond donors (Lipinski definition) is 1. The van der Waals surface area contributed by atoms with E-state index in [0.29, 0.717) is 5.69 Å². The SMILES string of the molecule is CCOC(=O)CN(C)S(=O)(=O)c1c(N)nn(C)c1C. The van der Waals surface area contributed by atoms with E-state index in [4.69, 9.17) is 10.5 Å². The van der Waals surface area contributed by atoms with E-state index in [0.717, 1.165) is 4.31 Å². The zero-order valence-electron chi connectivity index (χ0n) is 11.4. The number of likely N-dealkylation sites (N-methyl/N-ethyl adjacent to an activating group) is 1. The van der Waals surface area contributed by atoms with Gasteiger partial charge in [-0.3, -0.25) is 9.48 Å². The molecule has 1 rings (SSSR count). The summed E-state index contributed by atoms with van der Waals surface area (Å²) in [5.74, 6) is -0.704. The third kappa shape index (κ3) is 3.04. The molecule has 0 fully saturated rings. The van der Waals surface area contributed by atoms with Crippen molar-refractivity contribution in [3.63, 3.8) is 0 Å². The molecule has 0 unspecified atom stereocenters. The minimum Gasteiger partial charge on any atom is -0.465 e. The first-order chi connectivity index (χ1) is 8.71. The highest BCUT2D eigenvalue weighted by atomic mass is 32.2. The highest BCUT2D eigenvalue weighted by molar-refractivity contribution is 7.89. The Kier molecular flexibility index (Phi) is 4.53. The molecule has 1 aromatic rings. The summed E-state index contributed by atoms with van der Waals surface area (Å²) in [6, 6.07) is 0. The van der Waals surface area contributed by atoms with Gasteiger partial charge in [-0.05, 0) is 13.8 Å². The molecule has 0 atom stereocenters. The van der Waals surface area contributed by atoms with Gasteiger partial charge in [-0.25, -0.2) is 8.42 Å². The van der Waals surface area contributed by atoms with Crippen LogP contribution in [0.3, 0.4) is 0 Å². The van der Waals surface area contributed by atoms with Crippen LogP contribution in [-0.2, 0) is 26.6 Å². The van der Waals surface area contributed by atoms with Crippen LogP contribution in [0.5, 0.6) is 0 Å². The average molecular weight is 290 g/mol. The summed E-state index contributed by atoms with van der Waals surface area (Å²) in [6.07, 6.45) is 0. The molecule has 8 nitrogen and oxygen atoms in total. The molecule has 0 spiro atoms.